The standard InChI is InChI=1S/C16H23N3O/c1-12-14(13-5-3-2-4-6-13)11-15(12)18-16(17)19-7-9-20-10-8-19/h2-6,12,14-15H,7-11H2,1H3,(H2,17,18)/t12-,14-,15+/m0/s1. The van der Waals surface area contributed by atoms with Gasteiger partial charge in [0, 0.05) is 13.1 Å². The van der Waals surface area contributed by atoms with E-state index < -0.39 is 0 Å². The van der Waals surface area contributed by atoms with Gasteiger partial charge < -0.3 is 15.4 Å². The fraction of sp³-hybridized carbons (Fsp3) is 0.562. The summed E-state index contributed by atoms with van der Waals surface area (Å²) < 4.78 is 5.34. The number of guanidine groups is 1. The Kier molecular flexibility index (Phi) is 3.92. The lowest BCUT2D eigenvalue weighted by Crippen LogP contribution is -2.47. The Morgan fingerprint density at radius 2 is 1.95 bits per heavy atom. The maximum absolute atomic E-state index is 6.13. The van der Waals surface area contributed by atoms with Crippen LogP contribution in [0.25, 0.3) is 0 Å². The molecule has 0 aromatic heterocycles. The molecule has 1 heterocycles. The van der Waals surface area contributed by atoms with Crippen LogP contribution in [0.2, 0.25) is 0 Å². The first-order chi connectivity index (χ1) is 9.75. The first-order valence-electron chi connectivity index (χ1n) is 7.46. The summed E-state index contributed by atoms with van der Waals surface area (Å²) >= 11 is 0. The molecule has 3 rings (SSSR count). The van der Waals surface area contributed by atoms with Crippen LogP contribution in [0.4, 0.5) is 0 Å². The van der Waals surface area contributed by atoms with Gasteiger partial charge in [-0.2, -0.15) is 0 Å². The molecule has 0 spiro atoms. The van der Waals surface area contributed by atoms with Crippen molar-refractivity contribution >= 4 is 5.96 Å². The number of hydrogen-bond acceptors (Lipinski definition) is 2. The van der Waals surface area contributed by atoms with E-state index in [2.05, 4.69) is 42.2 Å². The largest absolute Gasteiger partial charge is 0.378 e. The molecule has 1 aliphatic heterocycles. The van der Waals surface area contributed by atoms with Gasteiger partial charge in [0.25, 0.3) is 0 Å². The molecule has 0 radical (unpaired) electrons. The molecule has 2 N–H and O–H groups in total. The number of hydrogen-bond donors (Lipinski definition) is 1. The lowest BCUT2D eigenvalue weighted by atomic mass is 9.67. The van der Waals surface area contributed by atoms with Crippen LogP contribution in [0, 0.1) is 5.92 Å². The number of aliphatic imine (C=N–C) groups is 1. The molecule has 2 aliphatic rings. The van der Waals surface area contributed by atoms with Gasteiger partial charge in [-0.05, 0) is 23.8 Å². The summed E-state index contributed by atoms with van der Waals surface area (Å²) in [6, 6.07) is 11.1. The van der Waals surface area contributed by atoms with Gasteiger partial charge in [0.15, 0.2) is 5.96 Å². The Morgan fingerprint density at radius 1 is 1.25 bits per heavy atom. The Labute approximate surface area is 120 Å². The van der Waals surface area contributed by atoms with Gasteiger partial charge in [0.05, 0.1) is 19.3 Å². The highest BCUT2D eigenvalue weighted by Crippen LogP contribution is 2.44. The molecule has 4 heteroatoms. The number of rotatable bonds is 2. The molecule has 0 unspecified atom stereocenters. The molecular formula is C16H23N3O. The van der Waals surface area contributed by atoms with Crippen LogP contribution in [0.3, 0.4) is 0 Å². The highest BCUT2D eigenvalue weighted by Gasteiger charge is 2.38. The molecule has 20 heavy (non-hydrogen) atoms. The van der Waals surface area contributed by atoms with Gasteiger partial charge in [-0.1, -0.05) is 37.3 Å². The molecule has 0 amide bonds. The zero-order chi connectivity index (χ0) is 13.9. The van der Waals surface area contributed by atoms with E-state index in [1.807, 2.05) is 0 Å². The van der Waals surface area contributed by atoms with Crippen LogP contribution in [0.1, 0.15) is 24.8 Å². The molecule has 1 aliphatic carbocycles. The molecule has 4 nitrogen and oxygen atoms in total. The van der Waals surface area contributed by atoms with Crippen molar-refractivity contribution in [3.8, 4) is 0 Å². The van der Waals surface area contributed by atoms with Crippen molar-refractivity contribution in [3.05, 3.63) is 35.9 Å². The van der Waals surface area contributed by atoms with Crippen molar-refractivity contribution < 1.29 is 4.74 Å². The monoisotopic (exact) mass is 273 g/mol. The number of nitrogens with zero attached hydrogens (tertiary/aromatic N) is 2. The van der Waals surface area contributed by atoms with E-state index in [1.54, 1.807) is 0 Å². The molecule has 3 atom stereocenters. The molecule has 2 fully saturated rings. The fourth-order valence-electron chi connectivity index (χ4n) is 3.12. The second-order valence-electron chi connectivity index (χ2n) is 5.77. The van der Waals surface area contributed by atoms with Gasteiger partial charge in [-0.3, -0.25) is 0 Å². The third-order valence-electron chi connectivity index (χ3n) is 4.60. The summed E-state index contributed by atoms with van der Waals surface area (Å²) in [5.41, 5.74) is 7.55. The van der Waals surface area contributed by atoms with E-state index in [-0.39, 0.29) is 0 Å². The van der Waals surface area contributed by atoms with Crippen LogP contribution in [0.15, 0.2) is 35.3 Å². The third kappa shape index (κ3) is 2.66. The zero-order valence-corrected chi connectivity index (χ0v) is 12.0. The summed E-state index contributed by atoms with van der Waals surface area (Å²) in [4.78, 5) is 6.86. The maximum Gasteiger partial charge on any atom is 0.191 e. The Morgan fingerprint density at radius 3 is 2.60 bits per heavy atom. The van der Waals surface area contributed by atoms with E-state index in [4.69, 9.17) is 15.5 Å². The minimum atomic E-state index is 0.364. The normalized spacial score (nSPS) is 30.9. The lowest BCUT2D eigenvalue weighted by molar-refractivity contribution is 0.0668. The van der Waals surface area contributed by atoms with Crippen molar-refractivity contribution in [1.29, 1.82) is 0 Å². The van der Waals surface area contributed by atoms with Gasteiger partial charge in [-0.25, -0.2) is 4.99 Å². The van der Waals surface area contributed by atoms with E-state index in [9.17, 15) is 0 Å². The molecule has 1 saturated heterocycles. The predicted octanol–water partition coefficient (Wildman–Crippen LogP) is 1.83. The van der Waals surface area contributed by atoms with Crippen molar-refractivity contribution in [2.24, 2.45) is 16.6 Å². The van der Waals surface area contributed by atoms with Gasteiger partial charge >= 0.3 is 0 Å². The Hall–Kier alpha value is -1.55. The van der Waals surface area contributed by atoms with Crippen molar-refractivity contribution in [2.75, 3.05) is 26.3 Å². The highest BCUT2D eigenvalue weighted by molar-refractivity contribution is 5.78. The van der Waals surface area contributed by atoms with Gasteiger partial charge in [0.1, 0.15) is 0 Å². The van der Waals surface area contributed by atoms with Crippen LogP contribution < -0.4 is 5.73 Å². The minimum Gasteiger partial charge on any atom is -0.378 e. The first-order valence-corrected chi connectivity index (χ1v) is 7.46. The molecule has 1 aromatic carbocycles. The van der Waals surface area contributed by atoms with E-state index in [0.717, 1.165) is 32.7 Å². The van der Waals surface area contributed by atoms with Gasteiger partial charge in [-0.15, -0.1) is 0 Å². The Bertz CT molecular complexity index is 468. The quantitative estimate of drug-likeness (QED) is 0.660. The molecule has 1 saturated carbocycles. The number of benzene rings is 1. The van der Waals surface area contributed by atoms with Crippen LogP contribution >= 0.6 is 0 Å². The maximum atomic E-state index is 6.13. The molecule has 108 valence electrons. The third-order valence-corrected chi connectivity index (χ3v) is 4.60. The van der Waals surface area contributed by atoms with Crippen LogP contribution in [0.5, 0.6) is 0 Å². The summed E-state index contributed by atoms with van der Waals surface area (Å²) in [6.07, 6.45) is 1.11. The molecule has 1 aromatic rings. The number of morpholine rings is 1. The van der Waals surface area contributed by atoms with Crippen LogP contribution in [-0.4, -0.2) is 43.2 Å². The fourth-order valence-corrected chi connectivity index (χ4v) is 3.12. The van der Waals surface area contributed by atoms with Crippen molar-refractivity contribution in [2.45, 2.75) is 25.3 Å². The van der Waals surface area contributed by atoms with Crippen LogP contribution in [-0.2, 0) is 4.74 Å². The molecule has 0 bridgehead atoms. The number of nitrogens with two attached hydrogens (primary N) is 1. The van der Waals surface area contributed by atoms with E-state index in [1.165, 1.54) is 5.56 Å². The smallest absolute Gasteiger partial charge is 0.191 e. The molecular weight excluding hydrogens is 250 g/mol. The van der Waals surface area contributed by atoms with Crippen molar-refractivity contribution in [3.63, 3.8) is 0 Å². The summed E-state index contributed by atoms with van der Waals surface area (Å²) in [7, 11) is 0. The van der Waals surface area contributed by atoms with Gasteiger partial charge in [0.2, 0.25) is 0 Å². The SMILES string of the molecule is C[C@H]1[C@@H](c2ccccc2)C[C@H]1N=C(N)N1CCOCC1. The topological polar surface area (TPSA) is 50.8 Å². The average Bonchev–Trinajstić information content (AvgIpc) is 2.52. The van der Waals surface area contributed by atoms with Crippen molar-refractivity contribution in [1.82, 2.24) is 4.90 Å². The Balaban J connectivity index is 1.60. The average molecular weight is 273 g/mol. The highest BCUT2D eigenvalue weighted by atomic mass is 16.5. The summed E-state index contributed by atoms with van der Waals surface area (Å²) in [6.45, 7) is 5.51. The second kappa shape index (κ2) is 5.83. The zero-order valence-electron chi connectivity index (χ0n) is 12.0. The minimum absolute atomic E-state index is 0.364. The summed E-state index contributed by atoms with van der Waals surface area (Å²) in [5, 5.41) is 0. The first kappa shape index (κ1) is 13.4. The summed E-state index contributed by atoms with van der Waals surface area (Å²) in [5.74, 6) is 1.89. The lowest BCUT2D eigenvalue weighted by Gasteiger charge is -2.41. The second-order valence-corrected chi connectivity index (χ2v) is 5.77. The van der Waals surface area contributed by atoms with E-state index >= 15 is 0 Å². The predicted molar refractivity (Wildman–Crippen MR) is 80.8 cm³/mol. The van der Waals surface area contributed by atoms with E-state index in [0.29, 0.717) is 23.8 Å². The number of ether oxygens (including phenoxy) is 1.